The van der Waals surface area contributed by atoms with Gasteiger partial charge in [-0.2, -0.15) is 11.8 Å². The number of thioether (sulfide) groups is 1. The number of hydrogen-bond acceptors (Lipinski definition) is 3. The molecule has 0 aromatic heterocycles. The summed E-state index contributed by atoms with van der Waals surface area (Å²) in [5, 5.41) is 3.88. The van der Waals surface area contributed by atoms with Crippen LogP contribution in [0.4, 0.5) is 0 Å². The third-order valence-electron chi connectivity index (χ3n) is 1.67. The van der Waals surface area contributed by atoms with Gasteiger partial charge < -0.3 is 4.84 Å². The SMILES string of the molecule is CCO/N=C/C1CCCSC1. The molecule has 0 spiro atoms. The van der Waals surface area contributed by atoms with Crippen molar-refractivity contribution in [1.29, 1.82) is 0 Å². The van der Waals surface area contributed by atoms with Crippen molar-refractivity contribution in [2.45, 2.75) is 19.8 Å². The fraction of sp³-hybridized carbons (Fsp3) is 0.875. The number of rotatable bonds is 3. The van der Waals surface area contributed by atoms with E-state index in [1.165, 1.54) is 24.3 Å². The predicted octanol–water partition coefficient (Wildman–Crippen LogP) is 2.15. The van der Waals surface area contributed by atoms with Gasteiger partial charge in [0.15, 0.2) is 0 Å². The Balaban J connectivity index is 2.13. The molecule has 1 heterocycles. The molecule has 0 aromatic carbocycles. The van der Waals surface area contributed by atoms with Gasteiger partial charge in [0.1, 0.15) is 6.61 Å². The van der Waals surface area contributed by atoms with Gasteiger partial charge in [-0.3, -0.25) is 0 Å². The first-order valence-electron chi connectivity index (χ1n) is 4.16. The Hall–Kier alpha value is -0.180. The van der Waals surface area contributed by atoms with Crippen molar-refractivity contribution in [3.05, 3.63) is 0 Å². The van der Waals surface area contributed by atoms with E-state index in [0.717, 1.165) is 0 Å². The minimum absolute atomic E-state index is 0.653. The molecule has 0 radical (unpaired) electrons. The van der Waals surface area contributed by atoms with Crippen LogP contribution in [0.3, 0.4) is 0 Å². The van der Waals surface area contributed by atoms with Crippen LogP contribution in [-0.4, -0.2) is 24.3 Å². The molecule has 3 heteroatoms. The topological polar surface area (TPSA) is 21.6 Å². The van der Waals surface area contributed by atoms with Crippen LogP contribution >= 0.6 is 11.8 Å². The summed E-state index contributed by atoms with van der Waals surface area (Å²) < 4.78 is 0. The summed E-state index contributed by atoms with van der Waals surface area (Å²) in [6, 6.07) is 0. The van der Waals surface area contributed by atoms with Gasteiger partial charge in [-0.05, 0) is 25.5 Å². The van der Waals surface area contributed by atoms with E-state index >= 15 is 0 Å². The number of nitrogens with zero attached hydrogens (tertiary/aromatic N) is 1. The second kappa shape index (κ2) is 5.47. The van der Waals surface area contributed by atoms with E-state index in [1.807, 2.05) is 24.9 Å². The summed E-state index contributed by atoms with van der Waals surface area (Å²) in [5.41, 5.74) is 0. The molecule has 1 atom stereocenters. The minimum Gasteiger partial charge on any atom is -0.396 e. The van der Waals surface area contributed by atoms with Gasteiger partial charge in [0.05, 0.1) is 0 Å². The third-order valence-corrected chi connectivity index (χ3v) is 2.91. The first kappa shape index (κ1) is 8.91. The van der Waals surface area contributed by atoms with Gasteiger partial charge in [0, 0.05) is 17.9 Å². The quantitative estimate of drug-likeness (QED) is 0.482. The largest absolute Gasteiger partial charge is 0.396 e. The third kappa shape index (κ3) is 3.65. The number of oxime groups is 1. The van der Waals surface area contributed by atoms with Gasteiger partial charge in [0.25, 0.3) is 0 Å². The molecule has 1 aliphatic heterocycles. The lowest BCUT2D eigenvalue weighted by molar-refractivity contribution is 0.159. The maximum atomic E-state index is 4.90. The van der Waals surface area contributed by atoms with Crippen molar-refractivity contribution in [2.75, 3.05) is 18.1 Å². The summed E-state index contributed by atoms with van der Waals surface area (Å²) in [4.78, 5) is 4.90. The molecule has 2 nitrogen and oxygen atoms in total. The molecule has 11 heavy (non-hydrogen) atoms. The zero-order valence-corrected chi connectivity index (χ0v) is 7.77. The predicted molar refractivity (Wildman–Crippen MR) is 50.2 cm³/mol. The zero-order valence-electron chi connectivity index (χ0n) is 6.95. The summed E-state index contributed by atoms with van der Waals surface area (Å²) in [5.74, 6) is 3.19. The van der Waals surface area contributed by atoms with Crippen molar-refractivity contribution in [3.8, 4) is 0 Å². The summed E-state index contributed by atoms with van der Waals surface area (Å²) in [7, 11) is 0. The van der Waals surface area contributed by atoms with E-state index in [4.69, 9.17) is 4.84 Å². The van der Waals surface area contributed by atoms with Crippen molar-refractivity contribution >= 4 is 18.0 Å². The van der Waals surface area contributed by atoms with Crippen LogP contribution in [0.25, 0.3) is 0 Å². The van der Waals surface area contributed by atoms with Crippen LogP contribution in [0, 0.1) is 5.92 Å². The summed E-state index contributed by atoms with van der Waals surface area (Å²) >= 11 is 2.01. The van der Waals surface area contributed by atoms with E-state index in [-0.39, 0.29) is 0 Å². The lowest BCUT2D eigenvalue weighted by Crippen LogP contribution is -2.11. The average Bonchev–Trinajstić information content (AvgIpc) is 2.07. The first-order valence-corrected chi connectivity index (χ1v) is 5.32. The molecule has 0 N–H and O–H groups in total. The van der Waals surface area contributed by atoms with Crippen LogP contribution in [0.5, 0.6) is 0 Å². The average molecular weight is 173 g/mol. The monoisotopic (exact) mass is 173 g/mol. The smallest absolute Gasteiger partial charge is 0.114 e. The molecule has 1 aliphatic rings. The molecule has 0 aliphatic carbocycles. The Bertz CT molecular complexity index is 121. The second-order valence-electron chi connectivity index (χ2n) is 2.65. The normalized spacial score (nSPS) is 25.7. The number of hydrogen-bond donors (Lipinski definition) is 0. The maximum Gasteiger partial charge on any atom is 0.114 e. The molecule has 0 aromatic rings. The molecule has 1 unspecified atom stereocenters. The highest BCUT2D eigenvalue weighted by molar-refractivity contribution is 7.99. The van der Waals surface area contributed by atoms with Crippen LogP contribution in [-0.2, 0) is 4.84 Å². The molecular formula is C8H15NOS. The Labute approximate surface area is 72.4 Å². The Morgan fingerprint density at radius 1 is 1.73 bits per heavy atom. The Morgan fingerprint density at radius 3 is 3.27 bits per heavy atom. The fourth-order valence-electron chi connectivity index (χ4n) is 1.09. The van der Waals surface area contributed by atoms with E-state index in [1.54, 1.807) is 0 Å². The van der Waals surface area contributed by atoms with Gasteiger partial charge in [-0.1, -0.05) is 5.16 Å². The lowest BCUT2D eigenvalue weighted by atomic mass is 10.1. The van der Waals surface area contributed by atoms with Gasteiger partial charge in [-0.25, -0.2) is 0 Å². The molecule has 0 bridgehead atoms. The zero-order chi connectivity index (χ0) is 7.94. The van der Waals surface area contributed by atoms with Gasteiger partial charge in [-0.15, -0.1) is 0 Å². The van der Waals surface area contributed by atoms with E-state index in [9.17, 15) is 0 Å². The highest BCUT2D eigenvalue weighted by Gasteiger charge is 2.10. The van der Waals surface area contributed by atoms with Crippen molar-refractivity contribution in [1.82, 2.24) is 0 Å². The summed E-state index contributed by atoms with van der Waals surface area (Å²) in [6.07, 6.45) is 4.56. The standard InChI is InChI=1S/C8H15NOS/c1-2-10-9-6-8-4-3-5-11-7-8/h6,8H,2-5,7H2,1H3/b9-6+. The van der Waals surface area contributed by atoms with Crippen molar-refractivity contribution in [2.24, 2.45) is 11.1 Å². The van der Waals surface area contributed by atoms with Crippen LogP contribution in [0.2, 0.25) is 0 Å². The first-order chi connectivity index (χ1) is 5.43. The highest BCUT2D eigenvalue weighted by atomic mass is 32.2. The highest BCUT2D eigenvalue weighted by Crippen LogP contribution is 2.20. The molecular weight excluding hydrogens is 158 g/mol. The van der Waals surface area contributed by atoms with Crippen molar-refractivity contribution < 1.29 is 4.84 Å². The van der Waals surface area contributed by atoms with E-state index < -0.39 is 0 Å². The van der Waals surface area contributed by atoms with Crippen LogP contribution in [0.1, 0.15) is 19.8 Å². The lowest BCUT2D eigenvalue weighted by Gasteiger charge is -2.16. The minimum atomic E-state index is 0.653. The molecule has 1 fully saturated rings. The molecule has 1 rings (SSSR count). The van der Waals surface area contributed by atoms with Gasteiger partial charge >= 0.3 is 0 Å². The van der Waals surface area contributed by atoms with Crippen LogP contribution in [0.15, 0.2) is 5.16 Å². The summed E-state index contributed by atoms with van der Waals surface area (Å²) in [6.45, 7) is 2.63. The Morgan fingerprint density at radius 2 is 2.64 bits per heavy atom. The molecule has 0 saturated carbocycles. The Kier molecular flexibility index (Phi) is 4.43. The maximum absolute atomic E-state index is 4.90. The van der Waals surface area contributed by atoms with Crippen molar-refractivity contribution in [3.63, 3.8) is 0 Å². The molecule has 1 saturated heterocycles. The second-order valence-corrected chi connectivity index (χ2v) is 3.80. The van der Waals surface area contributed by atoms with E-state index in [2.05, 4.69) is 5.16 Å². The van der Waals surface area contributed by atoms with Crippen LogP contribution < -0.4 is 0 Å². The van der Waals surface area contributed by atoms with Gasteiger partial charge in [0.2, 0.25) is 0 Å². The molecule has 64 valence electrons. The fourth-order valence-corrected chi connectivity index (χ4v) is 2.18. The molecule has 0 amide bonds. The van der Waals surface area contributed by atoms with E-state index in [0.29, 0.717) is 12.5 Å².